The summed E-state index contributed by atoms with van der Waals surface area (Å²) >= 11 is 0. The minimum Gasteiger partial charge on any atom is -0.491 e. The molecule has 2 aromatic rings. The molecule has 0 aliphatic heterocycles. The summed E-state index contributed by atoms with van der Waals surface area (Å²) in [7, 11) is 0. The fourth-order valence-electron chi connectivity index (χ4n) is 2.39. The summed E-state index contributed by atoms with van der Waals surface area (Å²) in [6, 6.07) is 16.2. The molecule has 4 nitrogen and oxygen atoms in total. The van der Waals surface area contributed by atoms with E-state index in [1.807, 2.05) is 56.3 Å². The third-order valence-corrected chi connectivity index (χ3v) is 3.64. The lowest BCUT2D eigenvalue weighted by molar-refractivity contribution is 0.242. The predicted molar refractivity (Wildman–Crippen MR) is 106 cm³/mol. The van der Waals surface area contributed by atoms with Gasteiger partial charge in [-0.15, -0.1) is 0 Å². The van der Waals surface area contributed by atoms with E-state index in [1.54, 1.807) is 0 Å². The molecule has 0 bridgehead atoms. The first-order valence-corrected chi connectivity index (χ1v) is 9.15. The lowest BCUT2D eigenvalue weighted by Crippen LogP contribution is -2.14. The molecule has 0 radical (unpaired) electrons. The molecule has 2 N–H and O–H groups in total. The Balaban J connectivity index is 1.75. The molecule has 0 spiro atoms. The van der Waals surface area contributed by atoms with Crippen LogP contribution in [0.1, 0.15) is 33.6 Å². The van der Waals surface area contributed by atoms with Crippen molar-refractivity contribution in [3.8, 4) is 11.5 Å². The smallest absolute Gasteiger partial charge is 0.142 e. The van der Waals surface area contributed by atoms with Crippen LogP contribution in [0.4, 0.5) is 11.4 Å². The standard InChI is InChI=1S/C21H30N2O2/c1-4-5-16-24-21-9-7-6-8-20(21)23-15-14-22-18-10-12-19(13-11-18)25-17(2)3/h6-13,17,22-23H,4-5,14-16H2,1-3H3. The highest BCUT2D eigenvalue weighted by Gasteiger charge is 2.02. The van der Waals surface area contributed by atoms with Crippen LogP contribution in [0.5, 0.6) is 11.5 Å². The normalized spacial score (nSPS) is 10.6. The Hall–Kier alpha value is -2.36. The van der Waals surface area contributed by atoms with Gasteiger partial charge in [-0.05, 0) is 56.7 Å². The van der Waals surface area contributed by atoms with Gasteiger partial charge in [0.15, 0.2) is 0 Å². The van der Waals surface area contributed by atoms with Gasteiger partial charge in [-0.1, -0.05) is 25.5 Å². The number of nitrogens with one attached hydrogen (secondary N) is 2. The molecule has 0 saturated heterocycles. The maximum atomic E-state index is 5.84. The molecule has 0 saturated carbocycles. The third kappa shape index (κ3) is 6.96. The molecule has 0 amide bonds. The van der Waals surface area contributed by atoms with Crippen LogP contribution >= 0.6 is 0 Å². The van der Waals surface area contributed by atoms with Crippen molar-refractivity contribution < 1.29 is 9.47 Å². The van der Waals surface area contributed by atoms with E-state index in [4.69, 9.17) is 9.47 Å². The van der Waals surface area contributed by atoms with Crippen molar-refractivity contribution in [2.45, 2.75) is 39.7 Å². The number of para-hydroxylation sites is 2. The van der Waals surface area contributed by atoms with Crippen LogP contribution < -0.4 is 20.1 Å². The number of unbranched alkanes of at least 4 members (excludes halogenated alkanes) is 1. The van der Waals surface area contributed by atoms with Gasteiger partial charge >= 0.3 is 0 Å². The number of rotatable bonds is 11. The number of hydrogen-bond donors (Lipinski definition) is 2. The summed E-state index contributed by atoms with van der Waals surface area (Å²) in [4.78, 5) is 0. The quantitative estimate of drug-likeness (QED) is 0.552. The monoisotopic (exact) mass is 342 g/mol. The zero-order chi connectivity index (χ0) is 17.9. The first-order chi connectivity index (χ1) is 12.2. The molecule has 0 aliphatic carbocycles. The molecule has 0 aliphatic rings. The van der Waals surface area contributed by atoms with Crippen LogP contribution in [0.2, 0.25) is 0 Å². The molecule has 2 rings (SSSR count). The fourth-order valence-corrected chi connectivity index (χ4v) is 2.39. The Morgan fingerprint density at radius 1 is 0.920 bits per heavy atom. The van der Waals surface area contributed by atoms with Crippen LogP contribution in [0.15, 0.2) is 48.5 Å². The van der Waals surface area contributed by atoms with Crippen LogP contribution in [0.25, 0.3) is 0 Å². The summed E-state index contributed by atoms with van der Waals surface area (Å²) in [6.45, 7) is 8.63. The zero-order valence-corrected chi connectivity index (χ0v) is 15.5. The van der Waals surface area contributed by atoms with E-state index >= 15 is 0 Å². The van der Waals surface area contributed by atoms with Gasteiger partial charge in [-0.3, -0.25) is 0 Å². The molecule has 0 unspecified atom stereocenters. The van der Waals surface area contributed by atoms with Gasteiger partial charge in [0.05, 0.1) is 18.4 Å². The largest absolute Gasteiger partial charge is 0.491 e. The third-order valence-electron chi connectivity index (χ3n) is 3.64. The second-order valence-corrected chi connectivity index (χ2v) is 6.24. The molecule has 2 aromatic carbocycles. The van der Waals surface area contributed by atoms with E-state index in [1.165, 1.54) is 0 Å². The van der Waals surface area contributed by atoms with Gasteiger partial charge in [-0.2, -0.15) is 0 Å². The molecule has 0 atom stereocenters. The average Bonchev–Trinajstić information content (AvgIpc) is 2.61. The van der Waals surface area contributed by atoms with Gasteiger partial charge in [0, 0.05) is 18.8 Å². The predicted octanol–water partition coefficient (Wildman–Crippen LogP) is 5.18. The molecule has 0 aromatic heterocycles. The number of hydrogen-bond acceptors (Lipinski definition) is 4. The van der Waals surface area contributed by atoms with Crippen LogP contribution in [0.3, 0.4) is 0 Å². The Labute approximate surface area is 151 Å². The maximum absolute atomic E-state index is 5.84. The highest BCUT2D eigenvalue weighted by molar-refractivity contribution is 5.56. The van der Waals surface area contributed by atoms with Crippen molar-refractivity contribution in [2.75, 3.05) is 30.3 Å². The topological polar surface area (TPSA) is 42.5 Å². The van der Waals surface area contributed by atoms with Crippen molar-refractivity contribution in [3.63, 3.8) is 0 Å². The van der Waals surface area contributed by atoms with E-state index in [0.717, 1.165) is 55.4 Å². The maximum Gasteiger partial charge on any atom is 0.142 e. The summed E-state index contributed by atoms with van der Waals surface area (Å²) < 4.78 is 11.5. The highest BCUT2D eigenvalue weighted by atomic mass is 16.5. The number of ether oxygens (including phenoxy) is 2. The Kier molecular flexibility index (Phi) is 7.96. The van der Waals surface area contributed by atoms with Crippen LogP contribution in [-0.2, 0) is 0 Å². The minimum absolute atomic E-state index is 0.197. The van der Waals surface area contributed by atoms with E-state index in [2.05, 4.69) is 23.6 Å². The molecular weight excluding hydrogens is 312 g/mol. The van der Waals surface area contributed by atoms with E-state index in [9.17, 15) is 0 Å². The molecule has 25 heavy (non-hydrogen) atoms. The van der Waals surface area contributed by atoms with Gasteiger partial charge in [0.1, 0.15) is 11.5 Å². The van der Waals surface area contributed by atoms with E-state index < -0.39 is 0 Å². The first-order valence-electron chi connectivity index (χ1n) is 9.15. The van der Waals surface area contributed by atoms with Crippen molar-refractivity contribution in [2.24, 2.45) is 0 Å². The van der Waals surface area contributed by atoms with Gasteiger partial charge in [0.25, 0.3) is 0 Å². The minimum atomic E-state index is 0.197. The Morgan fingerprint density at radius 3 is 2.36 bits per heavy atom. The second-order valence-electron chi connectivity index (χ2n) is 6.24. The van der Waals surface area contributed by atoms with Gasteiger partial charge in [-0.25, -0.2) is 0 Å². The SMILES string of the molecule is CCCCOc1ccccc1NCCNc1ccc(OC(C)C)cc1. The highest BCUT2D eigenvalue weighted by Crippen LogP contribution is 2.23. The molecule has 0 heterocycles. The summed E-state index contributed by atoms with van der Waals surface area (Å²) in [6.07, 6.45) is 2.41. The Bertz CT molecular complexity index is 612. The van der Waals surface area contributed by atoms with Crippen LogP contribution in [-0.4, -0.2) is 25.8 Å². The van der Waals surface area contributed by atoms with Crippen molar-refractivity contribution in [3.05, 3.63) is 48.5 Å². The Morgan fingerprint density at radius 2 is 1.64 bits per heavy atom. The van der Waals surface area contributed by atoms with Crippen molar-refractivity contribution in [1.29, 1.82) is 0 Å². The summed E-state index contributed by atoms with van der Waals surface area (Å²) in [5, 5.41) is 6.84. The molecule has 4 heteroatoms. The van der Waals surface area contributed by atoms with E-state index in [0.29, 0.717) is 0 Å². The van der Waals surface area contributed by atoms with Crippen LogP contribution in [0, 0.1) is 0 Å². The lowest BCUT2D eigenvalue weighted by atomic mass is 10.3. The summed E-state index contributed by atoms with van der Waals surface area (Å²) in [5.74, 6) is 1.82. The first kappa shape index (κ1) is 19.0. The van der Waals surface area contributed by atoms with E-state index in [-0.39, 0.29) is 6.10 Å². The number of benzene rings is 2. The molecular formula is C21H30N2O2. The molecule has 136 valence electrons. The zero-order valence-electron chi connectivity index (χ0n) is 15.5. The number of anilines is 2. The molecule has 0 fully saturated rings. The second kappa shape index (κ2) is 10.5. The summed E-state index contributed by atoms with van der Waals surface area (Å²) in [5.41, 5.74) is 2.13. The van der Waals surface area contributed by atoms with Gasteiger partial charge < -0.3 is 20.1 Å². The lowest BCUT2D eigenvalue weighted by Gasteiger charge is -2.14. The van der Waals surface area contributed by atoms with Gasteiger partial charge in [0.2, 0.25) is 0 Å². The average molecular weight is 342 g/mol. The van der Waals surface area contributed by atoms with Crippen molar-refractivity contribution >= 4 is 11.4 Å². The van der Waals surface area contributed by atoms with Crippen molar-refractivity contribution in [1.82, 2.24) is 0 Å². The fraction of sp³-hybridized carbons (Fsp3) is 0.429.